The maximum absolute atomic E-state index is 6.10. The Hall–Kier alpha value is -0.500. The van der Waals surface area contributed by atoms with Gasteiger partial charge in [-0.3, -0.25) is 0 Å². The Morgan fingerprint density at radius 3 is 2.78 bits per heavy atom. The maximum atomic E-state index is 6.10. The molecule has 0 radical (unpaired) electrons. The van der Waals surface area contributed by atoms with Crippen LogP contribution in [0.2, 0.25) is 5.02 Å². The molecule has 98 valence electrons. The smallest absolute Gasteiger partial charge is 0.0408 e. The Bertz CT molecular complexity index is 468. The molecule has 1 aromatic rings. The number of allylic oxidation sites excluding steroid dienone is 1. The number of rotatable bonds is 1. The van der Waals surface area contributed by atoms with Crippen LogP contribution in [0.15, 0.2) is 30.4 Å². The largest absolute Gasteiger partial charge is 1.00 e. The third-order valence-electron chi connectivity index (χ3n) is 4.18. The molecular formula is C15H18Cl2N-. The van der Waals surface area contributed by atoms with Crippen molar-refractivity contribution in [3.8, 4) is 0 Å². The van der Waals surface area contributed by atoms with Gasteiger partial charge in [-0.05, 0) is 56.1 Å². The maximum Gasteiger partial charge on any atom is 0.0408 e. The van der Waals surface area contributed by atoms with Crippen molar-refractivity contribution in [2.75, 3.05) is 14.1 Å². The number of hydrogen-bond donors (Lipinski definition) is 0. The lowest BCUT2D eigenvalue weighted by molar-refractivity contribution is -0.00000344. The quantitative estimate of drug-likeness (QED) is 0.678. The van der Waals surface area contributed by atoms with Crippen LogP contribution in [-0.4, -0.2) is 25.0 Å². The first-order chi connectivity index (χ1) is 8.16. The molecule has 0 aliphatic heterocycles. The van der Waals surface area contributed by atoms with E-state index >= 15 is 0 Å². The van der Waals surface area contributed by atoms with Gasteiger partial charge in [-0.2, -0.15) is 0 Å². The van der Waals surface area contributed by atoms with Gasteiger partial charge in [0.15, 0.2) is 0 Å². The van der Waals surface area contributed by atoms with E-state index in [2.05, 4.69) is 43.3 Å². The van der Waals surface area contributed by atoms with Gasteiger partial charge in [0.1, 0.15) is 0 Å². The van der Waals surface area contributed by atoms with E-state index < -0.39 is 0 Å². The zero-order valence-electron chi connectivity index (χ0n) is 10.7. The molecule has 2 bridgehead atoms. The van der Waals surface area contributed by atoms with Crippen LogP contribution in [0, 0.1) is 5.92 Å². The summed E-state index contributed by atoms with van der Waals surface area (Å²) in [6.45, 7) is 0. The second-order valence-corrected chi connectivity index (χ2v) is 5.87. The molecule has 3 heteroatoms. The van der Waals surface area contributed by atoms with Crippen molar-refractivity contribution in [2.45, 2.75) is 24.8 Å². The van der Waals surface area contributed by atoms with Gasteiger partial charge in [0.25, 0.3) is 0 Å². The molecular weight excluding hydrogens is 265 g/mol. The van der Waals surface area contributed by atoms with E-state index in [1.807, 2.05) is 6.07 Å². The first-order valence-electron chi connectivity index (χ1n) is 6.28. The van der Waals surface area contributed by atoms with E-state index in [0.29, 0.717) is 17.9 Å². The molecule has 1 nitrogen and oxygen atoms in total. The van der Waals surface area contributed by atoms with Crippen molar-refractivity contribution in [1.82, 2.24) is 4.90 Å². The summed E-state index contributed by atoms with van der Waals surface area (Å²) in [4.78, 5) is 2.39. The molecule has 0 saturated carbocycles. The van der Waals surface area contributed by atoms with Crippen LogP contribution in [0.1, 0.15) is 23.5 Å². The third-order valence-corrected chi connectivity index (χ3v) is 4.42. The Balaban J connectivity index is 0.00000120. The molecule has 2 aliphatic rings. The third kappa shape index (κ3) is 2.20. The monoisotopic (exact) mass is 282 g/mol. The summed E-state index contributed by atoms with van der Waals surface area (Å²) >= 11 is 6.10. The van der Waals surface area contributed by atoms with Crippen molar-refractivity contribution in [3.05, 3.63) is 46.5 Å². The predicted octanol–water partition coefficient (Wildman–Crippen LogP) is 0.490. The lowest BCUT2D eigenvalue weighted by Crippen LogP contribution is -3.00. The van der Waals surface area contributed by atoms with Crippen molar-refractivity contribution < 1.29 is 12.4 Å². The first-order valence-corrected chi connectivity index (χ1v) is 6.66. The highest BCUT2D eigenvalue weighted by atomic mass is 35.5. The predicted molar refractivity (Wildman–Crippen MR) is 72.6 cm³/mol. The molecule has 18 heavy (non-hydrogen) atoms. The van der Waals surface area contributed by atoms with Crippen molar-refractivity contribution in [2.24, 2.45) is 5.92 Å². The minimum atomic E-state index is 0. The summed E-state index contributed by atoms with van der Waals surface area (Å²) in [6.07, 6.45) is 7.04. The molecule has 0 heterocycles. The summed E-state index contributed by atoms with van der Waals surface area (Å²) in [6, 6.07) is 7.07. The number of hydrogen-bond acceptors (Lipinski definition) is 1. The van der Waals surface area contributed by atoms with Gasteiger partial charge < -0.3 is 17.3 Å². The van der Waals surface area contributed by atoms with Crippen molar-refractivity contribution in [3.63, 3.8) is 0 Å². The van der Waals surface area contributed by atoms with Gasteiger partial charge in [0.2, 0.25) is 0 Å². The van der Waals surface area contributed by atoms with Crippen LogP contribution in [-0.2, 0) is 6.42 Å². The van der Waals surface area contributed by atoms with Crippen LogP contribution in [0.4, 0.5) is 0 Å². The van der Waals surface area contributed by atoms with E-state index in [1.165, 1.54) is 11.1 Å². The fourth-order valence-electron chi connectivity index (χ4n) is 3.56. The van der Waals surface area contributed by atoms with E-state index in [4.69, 9.17) is 11.6 Å². The lowest BCUT2D eigenvalue weighted by atomic mass is 9.68. The van der Waals surface area contributed by atoms with Crippen LogP contribution in [0.25, 0.3) is 0 Å². The molecule has 3 rings (SSSR count). The number of likely N-dealkylation sites (N-methyl/N-ethyl adjacent to an activating group) is 1. The molecule has 2 aliphatic carbocycles. The zero-order chi connectivity index (χ0) is 12.0. The molecule has 0 fully saturated rings. The number of nitrogens with zero attached hydrogens (tertiary/aromatic N) is 1. The zero-order valence-corrected chi connectivity index (χ0v) is 12.2. The second kappa shape index (κ2) is 5.24. The molecule has 1 aromatic carbocycles. The van der Waals surface area contributed by atoms with Gasteiger partial charge in [-0.1, -0.05) is 29.8 Å². The summed E-state index contributed by atoms with van der Waals surface area (Å²) in [7, 11) is 4.40. The van der Waals surface area contributed by atoms with Gasteiger partial charge in [-0.25, -0.2) is 0 Å². The summed E-state index contributed by atoms with van der Waals surface area (Å²) < 4.78 is 0. The highest BCUT2D eigenvalue weighted by Crippen LogP contribution is 2.43. The average Bonchev–Trinajstić information content (AvgIpc) is 2.27. The minimum Gasteiger partial charge on any atom is -1.00 e. The number of benzene rings is 1. The van der Waals surface area contributed by atoms with E-state index in [1.54, 1.807) is 0 Å². The molecule has 3 atom stereocenters. The minimum absolute atomic E-state index is 0. The van der Waals surface area contributed by atoms with Crippen LogP contribution >= 0.6 is 11.6 Å². The van der Waals surface area contributed by atoms with Gasteiger partial charge in [0, 0.05) is 17.0 Å². The van der Waals surface area contributed by atoms with Gasteiger partial charge in [-0.15, -0.1) is 0 Å². The van der Waals surface area contributed by atoms with E-state index in [-0.39, 0.29) is 12.4 Å². The molecule has 0 saturated heterocycles. The van der Waals surface area contributed by atoms with Crippen molar-refractivity contribution >= 4 is 11.6 Å². The fourth-order valence-corrected chi connectivity index (χ4v) is 3.76. The highest BCUT2D eigenvalue weighted by molar-refractivity contribution is 6.30. The first kappa shape index (κ1) is 13.9. The average molecular weight is 283 g/mol. The van der Waals surface area contributed by atoms with E-state index in [9.17, 15) is 0 Å². The Labute approximate surface area is 120 Å². The Morgan fingerprint density at radius 2 is 2.06 bits per heavy atom. The van der Waals surface area contributed by atoms with Crippen LogP contribution < -0.4 is 12.4 Å². The lowest BCUT2D eigenvalue weighted by Gasteiger charge is -2.44. The van der Waals surface area contributed by atoms with E-state index in [0.717, 1.165) is 17.9 Å². The van der Waals surface area contributed by atoms with Gasteiger partial charge >= 0.3 is 0 Å². The highest BCUT2D eigenvalue weighted by Gasteiger charge is 2.38. The van der Waals surface area contributed by atoms with Crippen LogP contribution in [0.3, 0.4) is 0 Å². The molecule has 0 N–H and O–H groups in total. The summed E-state index contributed by atoms with van der Waals surface area (Å²) in [5, 5.41) is 0.870. The summed E-state index contributed by atoms with van der Waals surface area (Å²) in [5.41, 5.74) is 2.96. The Kier molecular flexibility index (Phi) is 4.05. The second-order valence-electron chi connectivity index (χ2n) is 5.44. The molecule has 0 spiro atoms. The fraction of sp³-hybridized carbons (Fsp3) is 0.467. The van der Waals surface area contributed by atoms with Gasteiger partial charge in [0.05, 0.1) is 0 Å². The number of fused-ring (bicyclic) bond motifs is 4. The topological polar surface area (TPSA) is 3.24 Å². The SMILES string of the molecule is CN(C)[C@H]1[C@@H]2C=CC[C@@H]1c1ccc(Cl)cc1C2.[Cl-]. The normalized spacial score (nSPS) is 28.8. The van der Waals surface area contributed by atoms with Crippen molar-refractivity contribution in [1.29, 1.82) is 0 Å². The Morgan fingerprint density at radius 1 is 1.28 bits per heavy atom. The van der Waals surface area contributed by atoms with Crippen LogP contribution in [0.5, 0.6) is 0 Å². The number of halogens is 2. The molecule has 0 unspecified atom stereocenters. The molecule has 0 aromatic heterocycles. The standard InChI is InChI=1S/C15H18ClN.ClH/c1-17(2)15-10-4-3-5-14(15)13-7-6-12(16)9-11(13)8-10;/h3-4,6-7,9-10,14-15H,5,8H2,1-2H3;1H/p-1/t10-,14-,15+;/m1./s1. The molecule has 0 amide bonds. The summed E-state index contributed by atoms with van der Waals surface area (Å²) in [5.74, 6) is 1.29.